The lowest BCUT2D eigenvalue weighted by Crippen LogP contribution is -1.98. The van der Waals surface area contributed by atoms with Gasteiger partial charge < -0.3 is 14.4 Å². The summed E-state index contributed by atoms with van der Waals surface area (Å²) in [5, 5.41) is 12.4. The number of unbranched alkanes of at least 4 members (excludes halogenated alkanes) is 3. The number of ether oxygens (including phenoxy) is 1. The van der Waals surface area contributed by atoms with E-state index in [4.69, 9.17) is 14.4 Å². The molecule has 112 valence electrons. The summed E-state index contributed by atoms with van der Waals surface area (Å²) in [5.41, 5.74) is 0.607. The molecule has 21 heavy (non-hydrogen) atoms. The lowest BCUT2D eigenvalue weighted by molar-refractivity contribution is 0.0686. The van der Waals surface area contributed by atoms with Gasteiger partial charge in [-0.15, -0.1) is 0 Å². The first-order chi connectivity index (χ1) is 10.2. The smallest absolute Gasteiger partial charge is 0.358 e. The van der Waals surface area contributed by atoms with Gasteiger partial charge in [-0.3, -0.25) is 0 Å². The van der Waals surface area contributed by atoms with Gasteiger partial charge >= 0.3 is 5.97 Å². The molecule has 0 saturated heterocycles. The fourth-order valence-corrected chi connectivity index (χ4v) is 2.01. The molecule has 0 aliphatic heterocycles. The van der Waals surface area contributed by atoms with Crippen LogP contribution in [0.3, 0.4) is 0 Å². The molecule has 0 aliphatic rings. The highest BCUT2D eigenvalue weighted by Gasteiger charge is 2.15. The number of carboxylic acids is 1. The van der Waals surface area contributed by atoms with Crippen molar-refractivity contribution in [2.45, 2.75) is 32.6 Å². The Labute approximate surface area is 123 Å². The SMILES string of the molecule is CCCCCCOc1ccccc1-c1cc(C(=O)O)no1. The van der Waals surface area contributed by atoms with Crippen LogP contribution in [0.15, 0.2) is 34.9 Å². The van der Waals surface area contributed by atoms with Gasteiger partial charge in [0.15, 0.2) is 11.5 Å². The van der Waals surface area contributed by atoms with Gasteiger partial charge in [0.25, 0.3) is 0 Å². The molecule has 0 fully saturated rings. The normalized spacial score (nSPS) is 10.5. The Morgan fingerprint density at radius 1 is 1.29 bits per heavy atom. The fraction of sp³-hybridized carbons (Fsp3) is 0.375. The van der Waals surface area contributed by atoms with Crippen molar-refractivity contribution in [2.24, 2.45) is 0 Å². The summed E-state index contributed by atoms with van der Waals surface area (Å²) in [5.74, 6) is -0.0263. The summed E-state index contributed by atoms with van der Waals surface area (Å²) in [6, 6.07) is 8.80. The van der Waals surface area contributed by atoms with E-state index in [1.54, 1.807) is 0 Å². The van der Waals surface area contributed by atoms with Crippen molar-refractivity contribution < 1.29 is 19.2 Å². The molecular formula is C16H19NO4. The van der Waals surface area contributed by atoms with Crippen molar-refractivity contribution in [1.29, 1.82) is 0 Å². The van der Waals surface area contributed by atoms with E-state index in [-0.39, 0.29) is 5.69 Å². The molecule has 1 N–H and O–H groups in total. The van der Waals surface area contributed by atoms with Crippen LogP contribution < -0.4 is 4.74 Å². The Kier molecular flexibility index (Phi) is 5.37. The molecule has 0 unspecified atom stereocenters. The molecule has 2 rings (SSSR count). The minimum Gasteiger partial charge on any atom is -0.493 e. The van der Waals surface area contributed by atoms with Gasteiger partial charge in [-0.2, -0.15) is 0 Å². The third kappa shape index (κ3) is 4.08. The highest BCUT2D eigenvalue weighted by atomic mass is 16.5. The van der Waals surface area contributed by atoms with Crippen LogP contribution >= 0.6 is 0 Å². The second kappa shape index (κ2) is 7.47. The molecule has 1 aromatic heterocycles. The maximum atomic E-state index is 10.8. The Morgan fingerprint density at radius 2 is 2.10 bits per heavy atom. The van der Waals surface area contributed by atoms with Gasteiger partial charge in [-0.05, 0) is 18.6 Å². The van der Waals surface area contributed by atoms with E-state index in [1.807, 2.05) is 24.3 Å². The highest BCUT2D eigenvalue weighted by molar-refractivity contribution is 5.86. The van der Waals surface area contributed by atoms with Crippen LogP contribution in [0.2, 0.25) is 0 Å². The number of hydrogen-bond acceptors (Lipinski definition) is 4. The predicted molar refractivity (Wildman–Crippen MR) is 78.5 cm³/mol. The first-order valence-electron chi connectivity index (χ1n) is 7.14. The fourth-order valence-electron chi connectivity index (χ4n) is 2.01. The van der Waals surface area contributed by atoms with Gasteiger partial charge in [-0.25, -0.2) is 4.79 Å². The molecule has 1 aromatic carbocycles. The molecule has 1 heterocycles. The minimum atomic E-state index is -1.11. The van der Waals surface area contributed by atoms with Crippen molar-refractivity contribution >= 4 is 5.97 Å². The average Bonchev–Trinajstić information content (AvgIpc) is 2.97. The molecule has 0 bridgehead atoms. The van der Waals surface area contributed by atoms with Crippen LogP contribution in [0.25, 0.3) is 11.3 Å². The second-order valence-corrected chi connectivity index (χ2v) is 4.79. The third-order valence-electron chi connectivity index (χ3n) is 3.14. The summed E-state index contributed by atoms with van der Waals surface area (Å²) >= 11 is 0. The number of carboxylic acid groups (broad SMARTS) is 1. The Morgan fingerprint density at radius 3 is 2.81 bits per heavy atom. The number of benzene rings is 1. The topological polar surface area (TPSA) is 72.6 Å². The molecule has 0 radical (unpaired) electrons. The maximum Gasteiger partial charge on any atom is 0.358 e. The van der Waals surface area contributed by atoms with Crippen molar-refractivity contribution in [3.05, 3.63) is 36.0 Å². The molecule has 0 aliphatic carbocycles. The number of aromatic carboxylic acids is 1. The predicted octanol–water partition coefficient (Wildman–Crippen LogP) is 4.00. The molecule has 0 amide bonds. The molecular weight excluding hydrogens is 270 g/mol. The van der Waals surface area contributed by atoms with Crippen LogP contribution in [0, 0.1) is 0 Å². The number of carbonyl (C=O) groups is 1. The zero-order chi connectivity index (χ0) is 15.1. The number of aromatic nitrogens is 1. The van der Waals surface area contributed by atoms with Crippen LogP contribution in [0.5, 0.6) is 5.75 Å². The number of para-hydroxylation sites is 1. The zero-order valence-electron chi connectivity index (χ0n) is 12.0. The lowest BCUT2D eigenvalue weighted by Gasteiger charge is -2.09. The van der Waals surface area contributed by atoms with Gasteiger partial charge in [0.1, 0.15) is 5.75 Å². The largest absolute Gasteiger partial charge is 0.493 e. The standard InChI is InChI=1S/C16H19NO4/c1-2-3-4-7-10-20-14-9-6-5-8-12(14)15-11-13(16(18)19)17-21-15/h5-6,8-9,11H,2-4,7,10H2,1H3,(H,18,19). The van der Waals surface area contributed by atoms with Crippen molar-refractivity contribution in [3.8, 4) is 17.1 Å². The number of nitrogens with zero attached hydrogens (tertiary/aromatic N) is 1. The van der Waals surface area contributed by atoms with Gasteiger partial charge in [0.2, 0.25) is 0 Å². The van der Waals surface area contributed by atoms with Crippen LogP contribution in [-0.2, 0) is 0 Å². The number of hydrogen-bond donors (Lipinski definition) is 1. The van der Waals surface area contributed by atoms with Gasteiger partial charge in [0, 0.05) is 6.07 Å². The quantitative estimate of drug-likeness (QED) is 0.744. The summed E-state index contributed by atoms with van der Waals surface area (Å²) in [6.07, 6.45) is 4.53. The van der Waals surface area contributed by atoms with E-state index in [1.165, 1.54) is 18.9 Å². The summed E-state index contributed by atoms with van der Waals surface area (Å²) in [6.45, 7) is 2.80. The Balaban J connectivity index is 2.07. The van der Waals surface area contributed by atoms with Crippen molar-refractivity contribution in [3.63, 3.8) is 0 Å². The first kappa shape index (κ1) is 15.1. The number of rotatable bonds is 8. The monoisotopic (exact) mass is 289 g/mol. The zero-order valence-corrected chi connectivity index (χ0v) is 12.0. The van der Waals surface area contributed by atoms with E-state index < -0.39 is 5.97 Å². The van der Waals surface area contributed by atoms with Crippen LogP contribution in [0.1, 0.15) is 43.1 Å². The van der Waals surface area contributed by atoms with Gasteiger partial charge in [-0.1, -0.05) is 43.5 Å². The van der Waals surface area contributed by atoms with E-state index in [9.17, 15) is 4.79 Å². The third-order valence-corrected chi connectivity index (χ3v) is 3.14. The molecule has 5 heteroatoms. The average molecular weight is 289 g/mol. The minimum absolute atomic E-state index is 0.109. The van der Waals surface area contributed by atoms with Crippen LogP contribution in [-0.4, -0.2) is 22.8 Å². The Bertz CT molecular complexity index is 591. The Hall–Kier alpha value is -2.30. The maximum absolute atomic E-state index is 10.8. The summed E-state index contributed by atoms with van der Waals surface area (Å²) in [4.78, 5) is 10.8. The first-order valence-corrected chi connectivity index (χ1v) is 7.14. The molecule has 0 atom stereocenters. The summed E-state index contributed by atoms with van der Waals surface area (Å²) < 4.78 is 10.9. The van der Waals surface area contributed by atoms with E-state index in [0.29, 0.717) is 23.7 Å². The van der Waals surface area contributed by atoms with E-state index in [2.05, 4.69) is 12.1 Å². The molecule has 2 aromatic rings. The van der Waals surface area contributed by atoms with Crippen molar-refractivity contribution in [1.82, 2.24) is 5.16 Å². The van der Waals surface area contributed by atoms with Crippen molar-refractivity contribution in [2.75, 3.05) is 6.61 Å². The van der Waals surface area contributed by atoms with E-state index in [0.717, 1.165) is 12.8 Å². The second-order valence-electron chi connectivity index (χ2n) is 4.79. The molecule has 5 nitrogen and oxygen atoms in total. The lowest BCUT2D eigenvalue weighted by atomic mass is 10.1. The highest BCUT2D eigenvalue weighted by Crippen LogP contribution is 2.30. The van der Waals surface area contributed by atoms with E-state index >= 15 is 0 Å². The van der Waals surface area contributed by atoms with Crippen LogP contribution in [0.4, 0.5) is 0 Å². The molecule has 0 saturated carbocycles. The summed E-state index contributed by atoms with van der Waals surface area (Å²) in [7, 11) is 0. The molecule has 0 spiro atoms. The van der Waals surface area contributed by atoms with Gasteiger partial charge in [0.05, 0.1) is 12.2 Å².